The van der Waals surface area contributed by atoms with Crippen LogP contribution in [0, 0.1) is 0 Å². The molecule has 0 saturated heterocycles. The summed E-state index contributed by atoms with van der Waals surface area (Å²) in [5.41, 5.74) is 5.59. The molecule has 0 atom stereocenters. The van der Waals surface area contributed by atoms with Crippen molar-refractivity contribution in [2.75, 3.05) is 6.61 Å². The molecule has 3 N–H and O–H groups in total. The maximum Gasteiger partial charge on any atom is 0.422 e. The molecule has 1 fully saturated rings. The number of hydrogen-bond acceptors (Lipinski definition) is 6. The minimum absolute atomic E-state index is 0.0499. The summed E-state index contributed by atoms with van der Waals surface area (Å²) in [6.07, 6.45) is 0.414. The van der Waals surface area contributed by atoms with Gasteiger partial charge in [0.2, 0.25) is 5.88 Å². The van der Waals surface area contributed by atoms with E-state index < -0.39 is 37.3 Å². The van der Waals surface area contributed by atoms with Crippen LogP contribution in [-0.2, 0) is 0 Å². The molecular formula is C21H21F5N6O4. The number of rotatable bonds is 8. The number of carbonyl (C=O) groups is 2. The Morgan fingerprint density at radius 1 is 1.14 bits per heavy atom. The first-order valence-corrected chi connectivity index (χ1v) is 10.8. The quantitative estimate of drug-likeness (QED) is 0.444. The van der Waals surface area contributed by atoms with Crippen LogP contribution in [0.4, 0.5) is 22.0 Å². The van der Waals surface area contributed by atoms with Gasteiger partial charge in [-0.3, -0.25) is 9.59 Å². The molecular weight excluding hydrogens is 495 g/mol. The Balaban J connectivity index is 1.33. The van der Waals surface area contributed by atoms with Gasteiger partial charge in [-0.2, -0.15) is 27.1 Å². The van der Waals surface area contributed by atoms with Crippen molar-refractivity contribution in [3.63, 3.8) is 0 Å². The fraction of sp³-hybridized carbons (Fsp3) is 0.429. The van der Waals surface area contributed by atoms with Gasteiger partial charge in [0.1, 0.15) is 17.4 Å². The highest BCUT2D eigenvalue weighted by atomic mass is 19.4. The molecule has 0 aromatic carbocycles. The van der Waals surface area contributed by atoms with E-state index in [0.29, 0.717) is 35.9 Å². The molecule has 4 rings (SSSR count). The number of hydrogen-bond donors (Lipinski definition) is 2. The van der Waals surface area contributed by atoms with Crippen LogP contribution < -0.4 is 20.5 Å². The normalized spacial score (nSPS) is 18.4. The molecule has 1 aliphatic rings. The summed E-state index contributed by atoms with van der Waals surface area (Å²) in [7, 11) is 0. The van der Waals surface area contributed by atoms with Crippen LogP contribution in [0.5, 0.6) is 11.6 Å². The van der Waals surface area contributed by atoms with Gasteiger partial charge >= 0.3 is 12.7 Å². The van der Waals surface area contributed by atoms with Crippen molar-refractivity contribution in [3.05, 3.63) is 41.9 Å². The summed E-state index contributed by atoms with van der Waals surface area (Å²) in [4.78, 5) is 24.3. The highest BCUT2D eigenvalue weighted by Crippen LogP contribution is 2.27. The number of ether oxygens (including phenoxy) is 2. The summed E-state index contributed by atoms with van der Waals surface area (Å²) in [6.45, 7) is -4.40. The number of amides is 2. The van der Waals surface area contributed by atoms with E-state index in [0.717, 1.165) is 6.20 Å². The van der Waals surface area contributed by atoms with E-state index in [1.807, 2.05) is 0 Å². The Hall–Kier alpha value is -3.91. The van der Waals surface area contributed by atoms with Gasteiger partial charge in [-0.05, 0) is 37.8 Å². The standard InChI is InChI=1S/C21H21F5N6O4/c22-20(23)32-9-15(17(27)33)19(30-32)36-12-3-1-11(2-4-12)29-18(34)14-7-28-31-8-13(5-6-16(14)31)35-10-21(24,25)26/h5-9,11-12,20H,1-4,10H2,(H2,27,33)(H,29,34). The predicted molar refractivity (Wildman–Crippen MR) is 113 cm³/mol. The van der Waals surface area contributed by atoms with Gasteiger partial charge in [-0.25, -0.2) is 9.20 Å². The number of carbonyl (C=O) groups excluding carboxylic acids is 2. The first-order valence-electron chi connectivity index (χ1n) is 10.8. The lowest BCUT2D eigenvalue weighted by molar-refractivity contribution is -0.153. The highest BCUT2D eigenvalue weighted by Gasteiger charge is 2.29. The Morgan fingerprint density at radius 2 is 1.86 bits per heavy atom. The zero-order valence-corrected chi connectivity index (χ0v) is 18.5. The third kappa shape index (κ3) is 5.83. The molecule has 1 aliphatic carbocycles. The van der Waals surface area contributed by atoms with Gasteiger partial charge in [0.15, 0.2) is 6.61 Å². The molecule has 3 heterocycles. The van der Waals surface area contributed by atoms with E-state index in [9.17, 15) is 31.5 Å². The van der Waals surface area contributed by atoms with Crippen LogP contribution in [0.2, 0.25) is 0 Å². The van der Waals surface area contributed by atoms with Crippen LogP contribution in [0.25, 0.3) is 5.52 Å². The molecule has 10 nitrogen and oxygen atoms in total. The monoisotopic (exact) mass is 516 g/mol. The summed E-state index contributed by atoms with van der Waals surface area (Å²) in [5.74, 6) is -1.67. The van der Waals surface area contributed by atoms with Crippen molar-refractivity contribution in [2.24, 2.45) is 5.73 Å². The van der Waals surface area contributed by atoms with E-state index in [2.05, 4.69) is 20.3 Å². The van der Waals surface area contributed by atoms with Gasteiger partial charge in [0.25, 0.3) is 11.8 Å². The van der Waals surface area contributed by atoms with Gasteiger partial charge in [0, 0.05) is 12.2 Å². The number of aromatic nitrogens is 4. The molecule has 36 heavy (non-hydrogen) atoms. The molecule has 0 spiro atoms. The fourth-order valence-electron chi connectivity index (χ4n) is 3.87. The lowest BCUT2D eigenvalue weighted by Crippen LogP contribution is -2.39. The fourth-order valence-corrected chi connectivity index (χ4v) is 3.87. The Morgan fingerprint density at radius 3 is 2.50 bits per heavy atom. The number of nitrogens with two attached hydrogens (primary N) is 1. The smallest absolute Gasteiger partial charge is 0.422 e. The Bertz CT molecular complexity index is 1250. The van der Waals surface area contributed by atoms with Gasteiger partial charge in [0.05, 0.1) is 23.5 Å². The van der Waals surface area contributed by atoms with Crippen molar-refractivity contribution in [1.29, 1.82) is 0 Å². The average molecular weight is 516 g/mol. The van der Waals surface area contributed by atoms with E-state index in [1.54, 1.807) is 0 Å². The molecule has 0 unspecified atom stereocenters. The van der Waals surface area contributed by atoms with Crippen molar-refractivity contribution in [2.45, 2.75) is 50.6 Å². The maximum absolute atomic E-state index is 12.9. The summed E-state index contributed by atoms with van der Waals surface area (Å²) >= 11 is 0. The third-order valence-electron chi connectivity index (χ3n) is 5.59. The average Bonchev–Trinajstić information content (AvgIpc) is 3.43. The lowest BCUT2D eigenvalue weighted by Gasteiger charge is -2.29. The first kappa shape index (κ1) is 25.2. The molecule has 0 radical (unpaired) electrons. The molecule has 2 amide bonds. The van der Waals surface area contributed by atoms with Crippen molar-refractivity contribution < 1.29 is 41.0 Å². The summed E-state index contributed by atoms with van der Waals surface area (Å²) < 4.78 is 74.7. The van der Waals surface area contributed by atoms with Crippen molar-refractivity contribution >= 4 is 17.3 Å². The summed E-state index contributed by atoms with van der Waals surface area (Å²) in [5, 5.41) is 10.5. The minimum Gasteiger partial charge on any atom is -0.483 e. The SMILES string of the molecule is NC(=O)c1cn(C(F)F)nc1OC1CCC(NC(=O)c2cnn3cc(OCC(F)(F)F)ccc23)CC1. The molecule has 3 aromatic rings. The molecule has 194 valence electrons. The Labute approximate surface area is 200 Å². The molecule has 15 heteroatoms. The number of fused-ring (bicyclic) bond motifs is 1. The third-order valence-corrected chi connectivity index (χ3v) is 5.59. The van der Waals surface area contributed by atoms with Crippen LogP contribution in [0.1, 0.15) is 52.9 Å². The zero-order chi connectivity index (χ0) is 26.0. The number of pyridine rings is 1. The number of nitrogens with zero attached hydrogens (tertiary/aromatic N) is 4. The second kappa shape index (κ2) is 9.99. The van der Waals surface area contributed by atoms with Crippen LogP contribution in [-0.4, -0.2) is 56.1 Å². The van der Waals surface area contributed by atoms with Crippen molar-refractivity contribution in [3.8, 4) is 11.6 Å². The number of primary amides is 1. The van der Waals surface area contributed by atoms with E-state index in [1.165, 1.54) is 29.0 Å². The minimum atomic E-state index is -4.48. The maximum atomic E-state index is 12.9. The predicted octanol–water partition coefficient (Wildman–Crippen LogP) is 3.09. The largest absolute Gasteiger partial charge is 0.483 e. The number of nitrogens with one attached hydrogen (secondary N) is 1. The Kier molecular flexibility index (Phi) is 6.99. The van der Waals surface area contributed by atoms with Crippen LogP contribution >= 0.6 is 0 Å². The van der Waals surface area contributed by atoms with Crippen molar-refractivity contribution in [1.82, 2.24) is 24.7 Å². The zero-order valence-electron chi connectivity index (χ0n) is 18.5. The summed E-state index contributed by atoms with van der Waals surface area (Å²) in [6, 6.07) is 2.54. The van der Waals surface area contributed by atoms with E-state index in [4.69, 9.17) is 10.5 Å². The first-order chi connectivity index (χ1) is 17.0. The molecule has 0 bridgehead atoms. The molecule has 1 saturated carbocycles. The van der Waals surface area contributed by atoms with Gasteiger partial charge in [-0.15, -0.1) is 5.10 Å². The van der Waals surface area contributed by atoms with E-state index in [-0.39, 0.29) is 28.8 Å². The second-order valence-corrected chi connectivity index (χ2v) is 8.19. The molecule has 0 aliphatic heterocycles. The van der Waals surface area contributed by atoms with E-state index >= 15 is 0 Å². The lowest BCUT2D eigenvalue weighted by atomic mass is 9.92. The van der Waals surface area contributed by atoms with Crippen LogP contribution in [0.15, 0.2) is 30.7 Å². The van der Waals surface area contributed by atoms with Crippen LogP contribution in [0.3, 0.4) is 0 Å². The topological polar surface area (TPSA) is 126 Å². The highest BCUT2D eigenvalue weighted by molar-refractivity contribution is 6.00. The van der Waals surface area contributed by atoms with Gasteiger partial charge in [-0.1, -0.05) is 0 Å². The van der Waals surface area contributed by atoms with Gasteiger partial charge < -0.3 is 20.5 Å². The number of alkyl halides is 5. The second-order valence-electron chi connectivity index (χ2n) is 8.19. The molecule has 3 aromatic heterocycles. The number of halogens is 5.